The van der Waals surface area contributed by atoms with Gasteiger partial charge in [-0.05, 0) is 43.4 Å². The number of esters is 1. The van der Waals surface area contributed by atoms with Crippen molar-refractivity contribution in [3.63, 3.8) is 0 Å². The van der Waals surface area contributed by atoms with E-state index in [-0.39, 0.29) is 24.1 Å². The van der Waals surface area contributed by atoms with Gasteiger partial charge in [0, 0.05) is 11.4 Å². The van der Waals surface area contributed by atoms with Gasteiger partial charge in [0.05, 0.1) is 30.8 Å². The van der Waals surface area contributed by atoms with Crippen LogP contribution in [0.15, 0.2) is 35.4 Å². The van der Waals surface area contributed by atoms with Crippen molar-refractivity contribution in [1.29, 1.82) is 0 Å². The summed E-state index contributed by atoms with van der Waals surface area (Å²) in [6, 6.07) is 6.45. The number of hydrogen-bond acceptors (Lipinski definition) is 8. The Morgan fingerprint density at radius 1 is 1.18 bits per heavy atom. The molecule has 0 fully saturated rings. The summed E-state index contributed by atoms with van der Waals surface area (Å²) in [5, 5.41) is 2.81. The summed E-state index contributed by atoms with van der Waals surface area (Å²) >= 11 is 1.57. The Labute approximate surface area is 193 Å². The normalized spacial score (nSPS) is 12.8. The number of rotatable bonds is 7. The van der Waals surface area contributed by atoms with Gasteiger partial charge >= 0.3 is 5.97 Å². The quantitative estimate of drug-likeness (QED) is 0.528. The second-order valence-electron chi connectivity index (χ2n) is 7.62. The van der Waals surface area contributed by atoms with E-state index in [2.05, 4.69) is 10.3 Å². The average Bonchev–Trinajstić information content (AvgIpc) is 3.21. The SMILES string of the molecule is COc1ccccc1C(=O)NC(=O)COC(=O)CCn1cnc2sc3c(c2c1=O)CCCC3. The van der Waals surface area contributed by atoms with Gasteiger partial charge in [0.15, 0.2) is 6.61 Å². The minimum absolute atomic E-state index is 0.0903. The number of imide groups is 1. The average molecular weight is 470 g/mol. The van der Waals surface area contributed by atoms with Gasteiger partial charge in [0.1, 0.15) is 10.6 Å². The predicted molar refractivity (Wildman–Crippen MR) is 122 cm³/mol. The molecule has 1 N–H and O–H groups in total. The van der Waals surface area contributed by atoms with Crippen molar-refractivity contribution in [2.75, 3.05) is 13.7 Å². The number of carbonyl (C=O) groups excluding carboxylic acids is 3. The van der Waals surface area contributed by atoms with E-state index in [1.165, 1.54) is 28.9 Å². The molecule has 0 radical (unpaired) electrons. The zero-order valence-corrected chi connectivity index (χ0v) is 18.9. The lowest BCUT2D eigenvalue weighted by molar-refractivity contribution is -0.148. The molecule has 9 nitrogen and oxygen atoms in total. The molecular formula is C23H23N3O6S. The summed E-state index contributed by atoms with van der Waals surface area (Å²) in [7, 11) is 1.42. The topological polar surface area (TPSA) is 117 Å². The first-order valence-electron chi connectivity index (χ1n) is 10.6. The summed E-state index contributed by atoms with van der Waals surface area (Å²) in [4.78, 5) is 55.6. The van der Waals surface area contributed by atoms with Gasteiger partial charge < -0.3 is 9.47 Å². The van der Waals surface area contributed by atoms with Gasteiger partial charge in [-0.3, -0.25) is 29.1 Å². The molecule has 2 heterocycles. The van der Waals surface area contributed by atoms with Crippen molar-refractivity contribution in [3.05, 3.63) is 57.0 Å². The molecule has 0 unspecified atom stereocenters. The van der Waals surface area contributed by atoms with E-state index < -0.39 is 24.4 Å². The molecule has 1 aliphatic rings. The fourth-order valence-corrected chi connectivity index (χ4v) is 5.05. The molecule has 2 amide bonds. The van der Waals surface area contributed by atoms with Crippen LogP contribution in [-0.2, 0) is 33.7 Å². The number of benzene rings is 1. The maximum Gasteiger partial charge on any atom is 0.308 e. The first-order chi connectivity index (χ1) is 16.0. The van der Waals surface area contributed by atoms with Crippen LogP contribution in [0.5, 0.6) is 5.75 Å². The van der Waals surface area contributed by atoms with Crippen LogP contribution in [0.3, 0.4) is 0 Å². The third-order valence-corrected chi connectivity index (χ3v) is 6.67. The molecular weight excluding hydrogens is 446 g/mol. The van der Waals surface area contributed by atoms with Crippen LogP contribution in [0.1, 0.15) is 40.1 Å². The summed E-state index contributed by atoms with van der Waals surface area (Å²) in [6.45, 7) is -0.517. The Morgan fingerprint density at radius 3 is 2.79 bits per heavy atom. The minimum Gasteiger partial charge on any atom is -0.496 e. The summed E-state index contributed by atoms with van der Waals surface area (Å²) in [5.41, 5.74) is 1.12. The summed E-state index contributed by atoms with van der Waals surface area (Å²) < 4.78 is 11.4. The van der Waals surface area contributed by atoms with Gasteiger partial charge in [-0.25, -0.2) is 4.98 Å². The first-order valence-corrected chi connectivity index (χ1v) is 11.4. The molecule has 10 heteroatoms. The van der Waals surface area contributed by atoms with Gasteiger partial charge in [0.2, 0.25) is 0 Å². The third-order valence-electron chi connectivity index (χ3n) is 5.47. The van der Waals surface area contributed by atoms with Crippen LogP contribution in [-0.4, -0.2) is 41.1 Å². The highest BCUT2D eigenvalue weighted by Crippen LogP contribution is 2.33. The number of methoxy groups -OCH3 is 1. The number of aromatic nitrogens is 2. The van der Waals surface area contributed by atoms with E-state index >= 15 is 0 Å². The lowest BCUT2D eigenvalue weighted by Crippen LogP contribution is -2.34. The van der Waals surface area contributed by atoms with Gasteiger partial charge in [-0.2, -0.15) is 0 Å². The van der Waals surface area contributed by atoms with E-state index in [9.17, 15) is 19.2 Å². The van der Waals surface area contributed by atoms with Crippen molar-refractivity contribution in [2.24, 2.45) is 0 Å². The monoisotopic (exact) mass is 469 g/mol. The lowest BCUT2D eigenvalue weighted by Gasteiger charge is -2.10. The van der Waals surface area contributed by atoms with E-state index in [0.717, 1.165) is 36.1 Å². The van der Waals surface area contributed by atoms with Crippen molar-refractivity contribution in [1.82, 2.24) is 14.9 Å². The second-order valence-corrected chi connectivity index (χ2v) is 8.71. The minimum atomic E-state index is -0.760. The molecule has 1 aliphatic carbocycles. The Morgan fingerprint density at radius 2 is 1.97 bits per heavy atom. The Bertz CT molecular complexity index is 1280. The van der Waals surface area contributed by atoms with Gasteiger partial charge in [-0.15, -0.1) is 11.3 Å². The molecule has 1 aromatic carbocycles. The lowest BCUT2D eigenvalue weighted by atomic mass is 9.97. The van der Waals surface area contributed by atoms with E-state index in [1.54, 1.807) is 29.5 Å². The van der Waals surface area contributed by atoms with Crippen LogP contribution in [0.4, 0.5) is 0 Å². The molecule has 0 spiro atoms. The van der Waals surface area contributed by atoms with Crippen LogP contribution < -0.4 is 15.6 Å². The van der Waals surface area contributed by atoms with Crippen molar-refractivity contribution in [3.8, 4) is 5.75 Å². The maximum absolute atomic E-state index is 12.9. The zero-order valence-electron chi connectivity index (χ0n) is 18.1. The molecule has 4 rings (SSSR count). The molecule has 0 aliphatic heterocycles. The van der Waals surface area contributed by atoms with Crippen LogP contribution >= 0.6 is 11.3 Å². The fraction of sp³-hybridized carbons (Fsp3) is 0.348. The number of nitrogens with one attached hydrogen (secondary N) is 1. The van der Waals surface area contributed by atoms with Gasteiger partial charge in [-0.1, -0.05) is 12.1 Å². The fourth-order valence-electron chi connectivity index (χ4n) is 3.83. The number of fused-ring (bicyclic) bond motifs is 3. The Balaban J connectivity index is 1.31. The number of carbonyl (C=O) groups is 3. The highest BCUT2D eigenvalue weighted by atomic mass is 32.1. The van der Waals surface area contributed by atoms with Crippen LogP contribution in [0.25, 0.3) is 10.2 Å². The molecule has 3 aromatic rings. The van der Waals surface area contributed by atoms with E-state index in [1.807, 2.05) is 0 Å². The van der Waals surface area contributed by atoms with E-state index in [0.29, 0.717) is 11.1 Å². The molecule has 0 saturated carbocycles. The molecule has 2 aromatic heterocycles. The van der Waals surface area contributed by atoms with Crippen molar-refractivity contribution in [2.45, 2.75) is 38.6 Å². The van der Waals surface area contributed by atoms with Crippen LogP contribution in [0, 0.1) is 0 Å². The highest BCUT2D eigenvalue weighted by molar-refractivity contribution is 7.18. The number of aryl methyl sites for hydroxylation is 3. The Kier molecular flexibility index (Phi) is 6.83. The van der Waals surface area contributed by atoms with E-state index in [4.69, 9.17) is 9.47 Å². The molecule has 0 atom stereocenters. The first kappa shape index (κ1) is 22.7. The van der Waals surface area contributed by atoms with Crippen LogP contribution in [0.2, 0.25) is 0 Å². The number of para-hydroxylation sites is 1. The number of nitrogens with zero attached hydrogens (tertiary/aromatic N) is 2. The summed E-state index contributed by atoms with van der Waals surface area (Å²) in [6.07, 6.45) is 5.37. The second kappa shape index (κ2) is 9.95. The third kappa shape index (κ3) is 4.95. The molecule has 172 valence electrons. The standard InChI is InChI=1S/C23H23N3O6S/c1-31-16-8-4-2-6-14(16)21(29)25-18(27)12-32-19(28)10-11-26-13-24-22-20(23(26)30)15-7-3-5-9-17(15)33-22/h2,4,6,8,13H,3,5,7,9-12H2,1H3,(H,25,27,29). The number of ether oxygens (including phenoxy) is 2. The molecule has 0 saturated heterocycles. The Hall–Kier alpha value is -3.53. The number of hydrogen-bond donors (Lipinski definition) is 1. The maximum atomic E-state index is 12.9. The van der Waals surface area contributed by atoms with Gasteiger partial charge in [0.25, 0.3) is 17.4 Å². The van der Waals surface area contributed by atoms with Crippen molar-refractivity contribution >= 4 is 39.3 Å². The molecule has 33 heavy (non-hydrogen) atoms. The summed E-state index contributed by atoms with van der Waals surface area (Å²) in [5.74, 6) is -1.75. The highest BCUT2D eigenvalue weighted by Gasteiger charge is 2.20. The zero-order chi connectivity index (χ0) is 23.4. The number of amides is 2. The van der Waals surface area contributed by atoms with Crippen molar-refractivity contribution < 1.29 is 23.9 Å². The smallest absolute Gasteiger partial charge is 0.308 e. The number of thiophene rings is 1. The molecule has 0 bridgehead atoms. The predicted octanol–water partition coefficient (Wildman–Crippen LogP) is 2.24. The largest absolute Gasteiger partial charge is 0.496 e.